The highest BCUT2D eigenvalue weighted by atomic mass is 16.6. The minimum absolute atomic E-state index is 0.334. The Kier molecular flexibility index (Phi) is 6.58. The maximum Gasteiger partial charge on any atom is 0.344 e. The van der Waals surface area contributed by atoms with E-state index in [1.54, 1.807) is 30.3 Å². The summed E-state index contributed by atoms with van der Waals surface area (Å²) >= 11 is 0. The van der Waals surface area contributed by atoms with E-state index in [-0.39, 0.29) is 6.61 Å². The molecule has 3 aromatic rings. The van der Waals surface area contributed by atoms with Crippen LogP contribution in [0.3, 0.4) is 0 Å². The summed E-state index contributed by atoms with van der Waals surface area (Å²) in [4.78, 5) is 24.0. The number of esters is 1. The number of nitriles is 1. The number of nitrogens with zero attached hydrogens (tertiary/aromatic N) is 1. The molecule has 6 heteroatoms. The third-order valence-corrected chi connectivity index (χ3v) is 3.99. The summed E-state index contributed by atoms with van der Waals surface area (Å²) in [6.45, 7) is -0.752. The fourth-order valence-corrected chi connectivity index (χ4v) is 2.60. The van der Waals surface area contributed by atoms with E-state index in [4.69, 9.17) is 14.7 Å². The van der Waals surface area contributed by atoms with Crippen molar-refractivity contribution in [2.24, 2.45) is 0 Å². The molecule has 6 nitrogen and oxygen atoms in total. The molecule has 0 unspecified atom stereocenters. The summed E-state index contributed by atoms with van der Waals surface area (Å²) in [7, 11) is 0. The van der Waals surface area contributed by atoms with Crippen molar-refractivity contribution in [1.82, 2.24) is 0 Å². The maximum absolute atomic E-state index is 12.2. The zero-order valence-corrected chi connectivity index (χ0v) is 15.5. The smallest absolute Gasteiger partial charge is 0.344 e. The Morgan fingerprint density at radius 3 is 2.28 bits per heavy atom. The number of benzene rings is 3. The second kappa shape index (κ2) is 9.72. The van der Waals surface area contributed by atoms with Crippen molar-refractivity contribution in [3.8, 4) is 22.9 Å². The van der Waals surface area contributed by atoms with Crippen LogP contribution in [0, 0.1) is 11.3 Å². The Balaban J connectivity index is 1.50. The highest BCUT2D eigenvalue weighted by Gasteiger charge is 2.11. The van der Waals surface area contributed by atoms with Crippen LogP contribution in [-0.4, -0.2) is 25.1 Å². The standard InChI is InChI=1S/C23H18N2O4/c24-14-17-10-12-19(13-11-17)28-16-23(27)29-15-22(26)25-21-9-5-4-8-20(21)18-6-2-1-3-7-18/h1-13H,15-16H2,(H,25,26). The number of hydrogen-bond acceptors (Lipinski definition) is 5. The van der Waals surface area contributed by atoms with E-state index >= 15 is 0 Å². The van der Waals surface area contributed by atoms with Crippen LogP contribution in [0.2, 0.25) is 0 Å². The molecule has 0 heterocycles. The number of nitrogens with one attached hydrogen (secondary N) is 1. The normalized spacial score (nSPS) is 9.90. The number of amides is 1. The van der Waals surface area contributed by atoms with Gasteiger partial charge < -0.3 is 14.8 Å². The summed E-state index contributed by atoms with van der Waals surface area (Å²) < 4.78 is 10.2. The number of para-hydroxylation sites is 1. The Morgan fingerprint density at radius 2 is 1.55 bits per heavy atom. The van der Waals surface area contributed by atoms with Gasteiger partial charge >= 0.3 is 5.97 Å². The third kappa shape index (κ3) is 5.68. The molecule has 3 rings (SSSR count). The van der Waals surface area contributed by atoms with Gasteiger partial charge in [0.05, 0.1) is 11.6 Å². The van der Waals surface area contributed by atoms with Crippen molar-refractivity contribution in [2.45, 2.75) is 0 Å². The monoisotopic (exact) mass is 386 g/mol. The fourth-order valence-electron chi connectivity index (χ4n) is 2.60. The molecular formula is C23H18N2O4. The van der Waals surface area contributed by atoms with Gasteiger partial charge in [0.2, 0.25) is 0 Å². The second-order valence-corrected chi connectivity index (χ2v) is 6.05. The molecule has 0 fully saturated rings. The Morgan fingerprint density at radius 1 is 0.862 bits per heavy atom. The number of rotatable bonds is 7. The van der Waals surface area contributed by atoms with Gasteiger partial charge in [-0.2, -0.15) is 5.26 Å². The van der Waals surface area contributed by atoms with Crippen molar-refractivity contribution < 1.29 is 19.1 Å². The van der Waals surface area contributed by atoms with E-state index in [9.17, 15) is 9.59 Å². The third-order valence-electron chi connectivity index (χ3n) is 3.99. The van der Waals surface area contributed by atoms with Crippen molar-refractivity contribution in [2.75, 3.05) is 18.5 Å². The van der Waals surface area contributed by atoms with Crippen LogP contribution in [0.15, 0.2) is 78.9 Å². The molecular weight excluding hydrogens is 368 g/mol. The van der Waals surface area contributed by atoms with Gasteiger partial charge in [-0.1, -0.05) is 48.5 Å². The Hall–Kier alpha value is -4.11. The largest absolute Gasteiger partial charge is 0.482 e. The number of hydrogen-bond donors (Lipinski definition) is 1. The molecule has 0 aliphatic rings. The van der Waals surface area contributed by atoms with Gasteiger partial charge in [0.15, 0.2) is 13.2 Å². The van der Waals surface area contributed by atoms with Gasteiger partial charge in [0.25, 0.3) is 5.91 Å². The van der Waals surface area contributed by atoms with E-state index in [1.165, 1.54) is 0 Å². The van der Waals surface area contributed by atoms with Crippen molar-refractivity contribution in [1.29, 1.82) is 5.26 Å². The molecule has 29 heavy (non-hydrogen) atoms. The molecule has 0 atom stereocenters. The molecule has 3 aromatic carbocycles. The van der Waals surface area contributed by atoms with Crippen LogP contribution in [0.1, 0.15) is 5.56 Å². The first-order valence-corrected chi connectivity index (χ1v) is 8.88. The van der Waals surface area contributed by atoms with Gasteiger partial charge in [-0.25, -0.2) is 4.79 Å². The molecule has 0 saturated heterocycles. The molecule has 0 aliphatic heterocycles. The minimum Gasteiger partial charge on any atom is -0.482 e. The average Bonchev–Trinajstić information content (AvgIpc) is 2.77. The zero-order chi connectivity index (χ0) is 20.5. The molecule has 0 aromatic heterocycles. The summed E-state index contributed by atoms with van der Waals surface area (Å²) in [6.07, 6.45) is 0. The maximum atomic E-state index is 12.2. The van der Waals surface area contributed by atoms with E-state index in [1.807, 2.05) is 54.6 Å². The molecule has 0 saturated carbocycles. The SMILES string of the molecule is N#Cc1ccc(OCC(=O)OCC(=O)Nc2ccccc2-c2ccccc2)cc1. The summed E-state index contributed by atoms with van der Waals surface area (Å²) in [6, 6.07) is 25.4. The Bertz CT molecular complexity index is 1020. The highest BCUT2D eigenvalue weighted by molar-refractivity contribution is 5.96. The fraction of sp³-hybridized carbons (Fsp3) is 0.0870. The lowest BCUT2D eigenvalue weighted by Crippen LogP contribution is -2.23. The highest BCUT2D eigenvalue weighted by Crippen LogP contribution is 2.27. The predicted octanol–water partition coefficient (Wildman–Crippen LogP) is 3.79. The molecule has 0 spiro atoms. The van der Waals surface area contributed by atoms with Gasteiger partial charge in [-0.3, -0.25) is 4.79 Å². The second-order valence-electron chi connectivity index (χ2n) is 6.05. The van der Waals surface area contributed by atoms with E-state index in [0.717, 1.165) is 11.1 Å². The lowest BCUT2D eigenvalue weighted by molar-refractivity contribution is -0.149. The van der Waals surface area contributed by atoms with Crippen LogP contribution in [0.5, 0.6) is 5.75 Å². The molecule has 144 valence electrons. The van der Waals surface area contributed by atoms with Crippen molar-refractivity contribution in [3.05, 3.63) is 84.4 Å². The van der Waals surface area contributed by atoms with Gasteiger partial charge in [0, 0.05) is 11.3 Å². The van der Waals surface area contributed by atoms with Crippen LogP contribution >= 0.6 is 0 Å². The van der Waals surface area contributed by atoms with Crippen LogP contribution in [0.25, 0.3) is 11.1 Å². The number of anilines is 1. The summed E-state index contributed by atoms with van der Waals surface area (Å²) in [5.74, 6) is -0.678. The van der Waals surface area contributed by atoms with E-state index < -0.39 is 18.5 Å². The molecule has 1 amide bonds. The lowest BCUT2D eigenvalue weighted by Gasteiger charge is -2.12. The first-order valence-electron chi connectivity index (χ1n) is 8.88. The van der Waals surface area contributed by atoms with Crippen LogP contribution < -0.4 is 10.1 Å². The van der Waals surface area contributed by atoms with Crippen LogP contribution in [0.4, 0.5) is 5.69 Å². The van der Waals surface area contributed by atoms with Crippen molar-refractivity contribution >= 4 is 17.6 Å². The van der Waals surface area contributed by atoms with E-state index in [2.05, 4.69) is 5.32 Å². The average molecular weight is 386 g/mol. The lowest BCUT2D eigenvalue weighted by atomic mass is 10.0. The topological polar surface area (TPSA) is 88.4 Å². The first kappa shape index (κ1) is 19.6. The molecule has 0 radical (unpaired) electrons. The van der Waals surface area contributed by atoms with E-state index in [0.29, 0.717) is 17.0 Å². The molecule has 0 bridgehead atoms. The summed E-state index contributed by atoms with van der Waals surface area (Å²) in [5.41, 5.74) is 2.97. The zero-order valence-electron chi connectivity index (χ0n) is 15.5. The minimum atomic E-state index is -0.666. The quantitative estimate of drug-likeness (QED) is 0.624. The predicted molar refractivity (Wildman–Crippen MR) is 108 cm³/mol. The number of ether oxygens (including phenoxy) is 2. The van der Waals surface area contributed by atoms with Gasteiger partial charge in [0.1, 0.15) is 5.75 Å². The molecule has 1 N–H and O–H groups in total. The van der Waals surface area contributed by atoms with Gasteiger partial charge in [-0.15, -0.1) is 0 Å². The molecule has 0 aliphatic carbocycles. The number of carbonyl (C=O) groups is 2. The van der Waals surface area contributed by atoms with Crippen molar-refractivity contribution in [3.63, 3.8) is 0 Å². The van der Waals surface area contributed by atoms with Gasteiger partial charge in [-0.05, 0) is 35.9 Å². The van der Waals surface area contributed by atoms with Crippen LogP contribution in [-0.2, 0) is 14.3 Å². The number of carbonyl (C=O) groups excluding carboxylic acids is 2. The Labute approximate surface area is 168 Å². The first-order chi connectivity index (χ1) is 14.2. The summed E-state index contributed by atoms with van der Waals surface area (Å²) in [5, 5.41) is 11.5.